The van der Waals surface area contributed by atoms with Gasteiger partial charge in [-0.25, -0.2) is 0 Å². The fourth-order valence-electron chi connectivity index (χ4n) is 2.52. The van der Waals surface area contributed by atoms with Gasteiger partial charge in [0.05, 0.1) is 9.83 Å². The van der Waals surface area contributed by atoms with Gasteiger partial charge in [0.2, 0.25) is 0 Å². The van der Waals surface area contributed by atoms with Crippen LogP contribution in [-0.4, -0.2) is 6.54 Å². The molecule has 1 unspecified atom stereocenters. The van der Waals surface area contributed by atoms with Gasteiger partial charge in [-0.05, 0) is 65.5 Å². The van der Waals surface area contributed by atoms with Gasteiger partial charge in [0.1, 0.15) is 0 Å². The molecule has 3 rings (SSSR count). The summed E-state index contributed by atoms with van der Waals surface area (Å²) >= 11 is 7.40. The van der Waals surface area contributed by atoms with Crippen LogP contribution in [0.5, 0.6) is 0 Å². The van der Waals surface area contributed by atoms with E-state index in [2.05, 4.69) is 46.4 Å². The van der Waals surface area contributed by atoms with Crippen LogP contribution in [0, 0.1) is 0 Å². The van der Waals surface area contributed by atoms with Crippen molar-refractivity contribution in [1.82, 2.24) is 5.32 Å². The summed E-state index contributed by atoms with van der Waals surface area (Å²) in [6, 6.07) is 7.17. The number of hydrogen-bond acceptors (Lipinski definition) is 3. The van der Waals surface area contributed by atoms with Gasteiger partial charge < -0.3 is 5.32 Å². The van der Waals surface area contributed by atoms with Crippen LogP contribution in [0.25, 0.3) is 0 Å². The molecule has 0 saturated heterocycles. The first-order valence-electron chi connectivity index (χ1n) is 6.38. The van der Waals surface area contributed by atoms with Crippen molar-refractivity contribution in [2.24, 2.45) is 0 Å². The molecular weight excluding hydrogens is 326 g/mol. The molecule has 2 aromatic heterocycles. The lowest BCUT2D eigenvalue weighted by Gasteiger charge is -2.14. The molecule has 1 atom stereocenters. The molecule has 1 aliphatic rings. The Morgan fingerprint density at radius 2 is 2.17 bits per heavy atom. The zero-order valence-corrected chi connectivity index (χ0v) is 13.6. The molecule has 2 aromatic rings. The minimum atomic E-state index is 0.377. The Balaban J connectivity index is 1.93. The molecule has 0 spiro atoms. The molecule has 1 N–H and O–H groups in total. The lowest BCUT2D eigenvalue weighted by atomic mass is 10.1. The van der Waals surface area contributed by atoms with Gasteiger partial charge in [-0.2, -0.15) is 0 Å². The lowest BCUT2D eigenvalue weighted by molar-refractivity contribution is 0.648. The number of fused-ring (bicyclic) bond motifs is 1. The van der Waals surface area contributed by atoms with E-state index in [9.17, 15) is 0 Å². The highest BCUT2D eigenvalue weighted by Crippen LogP contribution is 2.38. The SMILES string of the molecule is CCNC(c1ccc(Br)s1)c1cc2c(s1)CCC2. The number of rotatable bonds is 4. The van der Waals surface area contributed by atoms with Crippen molar-refractivity contribution < 1.29 is 0 Å². The van der Waals surface area contributed by atoms with Crippen LogP contribution in [0.4, 0.5) is 0 Å². The average molecular weight is 342 g/mol. The number of nitrogens with one attached hydrogen (secondary N) is 1. The molecule has 18 heavy (non-hydrogen) atoms. The standard InChI is InChI=1S/C14H16BrNS2/c1-2-16-14(11-6-7-13(15)18-11)12-8-9-4-3-5-10(9)17-12/h6-8,14,16H,2-5H2,1H3. The Kier molecular flexibility index (Phi) is 3.89. The predicted molar refractivity (Wildman–Crippen MR) is 83.9 cm³/mol. The fraction of sp³-hybridized carbons (Fsp3) is 0.429. The molecule has 1 nitrogen and oxygen atoms in total. The molecule has 1 aliphatic carbocycles. The summed E-state index contributed by atoms with van der Waals surface area (Å²) in [5, 5.41) is 3.62. The summed E-state index contributed by atoms with van der Waals surface area (Å²) in [6.07, 6.45) is 3.91. The molecule has 4 heteroatoms. The van der Waals surface area contributed by atoms with E-state index >= 15 is 0 Å². The van der Waals surface area contributed by atoms with E-state index in [0.717, 1.165) is 6.54 Å². The van der Waals surface area contributed by atoms with Gasteiger partial charge in [-0.1, -0.05) is 6.92 Å². The maximum atomic E-state index is 3.62. The lowest BCUT2D eigenvalue weighted by Crippen LogP contribution is -2.20. The third-order valence-corrected chi connectivity index (χ3v) is 6.33. The van der Waals surface area contributed by atoms with Crippen LogP contribution in [-0.2, 0) is 12.8 Å². The summed E-state index contributed by atoms with van der Waals surface area (Å²) in [6.45, 7) is 3.18. The van der Waals surface area contributed by atoms with E-state index < -0.39 is 0 Å². The molecule has 0 aromatic carbocycles. The Morgan fingerprint density at radius 1 is 1.28 bits per heavy atom. The van der Waals surface area contributed by atoms with Crippen LogP contribution in [0.1, 0.15) is 39.6 Å². The molecular formula is C14H16BrNS2. The summed E-state index contributed by atoms with van der Waals surface area (Å²) < 4.78 is 1.21. The molecule has 0 saturated carbocycles. The van der Waals surface area contributed by atoms with Gasteiger partial charge in [0, 0.05) is 14.6 Å². The maximum absolute atomic E-state index is 3.62. The van der Waals surface area contributed by atoms with Crippen LogP contribution in [0.3, 0.4) is 0 Å². The summed E-state index contributed by atoms with van der Waals surface area (Å²) in [5.41, 5.74) is 1.59. The highest BCUT2D eigenvalue weighted by atomic mass is 79.9. The topological polar surface area (TPSA) is 12.0 Å². The molecule has 0 fully saturated rings. The second kappa shape index (κ2) is 5.45. The van der Waals surface area contributed by atoms with Gasteiger partial charge in [-0.3, -0.25) is 0 Å². The van der Waals surface area contributed by atoms with Crippen molar-refractivity contribution in [3.05, 3.63) is 42.2 Å². The summed E-state index contributed by atoms with van der Waals surface area (Å²) in [4.78, 5) is 4.50. The van der Waals surface area contributed by atoms with Gasteiger partial charge in [0.25, 0.3) is 0 Å². The largest absolute Gasteiger partial charge is 0.305 e. The molecule has 0 amide bonds. The zero-order chi connectivity index (χ0) is 12.5. The minimum Gasteiger partial charge on any atom is -0.305 e. The molecule has 0 bridgehead atoms. The van der Waals surface area contributed by atoms with Gasteiger partial charge in [-0.15, -0.1) is 22.7 Å². The first-order valence-corrected chi connectivity index (χ1v) is 8.80. The van der Waals surface area contributed by atoms with E-state index in [0.29, 0.717) is 6.04 Å². The van der Waals surface area contributed by atoms with Gasteiger partial charge >= 0.3 is 0 Å². The van der Waals surface area contributed by atoms with E-state index in [4.69, 9.17) is 0 Å². The molecule has 96 valence electrons. The van der Waals surface area contributed by atoms with Crippen molar-refractivity contribution in [2.75, 3.05) is 6.54 Å². The third kappa shape index (κ3) is 2.44. The highest BCUT2D eigenvalue weighted by molar-refractivity contribution is 9.11. The number of hydrogen-bond donors (Lipinski definition) is 1. The Morgan fingerprint density at radius 3 is 2.83 bits per heavy atom. The van der Waals surface area contributed by atoms with E-state index in [1.807, 2.05) is 22.7 Å². The highest BCUT2D eigenvalue weighted by Gasteiger charge is 2.21. The van der Waals surface area contributed by atoms with Crippen molar-refractivity contribution in [1.29, 1.82) is 0 Å². The quantitative estimate of drug-likeness (QED) is 0.845. The second-order valence-electron chi connectivity index (χ2n) is 4.58. The summed E-state index contributed by atoms with van der Waals surface area (Å²) in [5.74, 6) is 0. The Hall–Kier alpha value is -0.160. The van der Waals surface area contributed by atoms with Crippen molar-refractivity contribution in [3.8, 4) is 0 Å². The minimum absolute atomic E-state index is 0.377. The van der Waals surface area contributed by atoms with Crippen LogP contribution in [0.15, 0.2) is 22.0 Å². The van der Waals surface area contributed by atoms with Gasteiger partial charge in [0.15, 0.2) is 0 Å². The number of aryl methyl sites for hydroxylation is 2. The smallest absolute Gasteiger partial charge is 0.0765 e. The van der Waals surface area contributed by atoms with Crippen LogP contribution in [0.2, 0.25) is 0 Å². The van der Waals surface area contributed by atoms with E-state index in [1.54, 1.807) is 10.4 Å². The second-order valence-corrected chi connectivity index (χ2v) is 8.25. The third-order valence-electron chi connectivity index (χ3n) is 3.34. The predicted octanol–water partition coefficient (Wildman–Crippen LogP) is 4.76. The zero-order valence-electron chi connectivity index (χ0n) is 10.3. The van der Waals surface area contributed by atoms with Crippen molar-refractivity contribution >= 4 is 38.6 Å². The number of halogens is 1. The maximum Gasteiger partial charge on any atom is 0.0765 e. The molecule has 0 radical (unpaired) electrons. The fourth-order valence-corrected chi connectivity index (χ4v) is 5.47. The first-order chi connectivity index (χ1) is 8.78. The summed E-state index contributed by atoms with van der Waals surface area (Å²) in [7, 11) is 0. The normalized spacial score (nSPS) is 15.9. The monoisotopic (exact) mass is 341 g/mol. The molecule has 0 aliphatic heterocycles. The molecule has 2 heterocycles. The van der Waals surface area contributed by atoms with E-state index in [-0.39, 0.29) is 0 Å². The van der Waals surface area contributed by atoms with Crippen molar-refractivity contribution in [3.63, 3.8) is 0 Å². The Bertz CT molecular complexity index is 522. The van der Waals surface area contributed by atoms with Crippen LogP contribution >= 0.6 is 38.6 Å². The van der Waals surface area contributed by atoms with E-state index in [1.165, 1.54) is 32.8 Å². The van der Waals surface area contributed by atoms with Crippen LogP contribution < -0.4 is 5.32 Å². The first kappa shape index (κ1) is 12.9. The Labute approximate surface area is 124 Å². The average Bonchev–Trinajstić information content (AvgIpc) is 3.00. The number of thiophene rings is 2. The van der Waals surface area contributed by atoms with Crippen molar-refractivity contribution in [2.45, 2.75) is 32.2 Å².